The van der Waals surface area contributed by atoms with E-state index in [0.29, 0.717) is 77.7 Å². The highest BCUT2D eigenvalue weighted by Crippen LogP contribution is 2.33. The highest BCUT2D eigenvalue weighted by Gasteiger charge is 2.41. The monoisotopic (exact) mass is 683 g/mol. The summed E-state index contributed by atoms with van der Waals surface area (Å²) in [5.74, 6) is 0.218. The predicted molar refractivity (Wildman–Crippen MR) is 182 cm³/mol. The summed E-state index contributed by atoms with van der Waals surface area (Å²) in [5, 5.41) is 26.8. The molecule has 2 aromatic heterocycles. The van der Waals surface area contributed by atoms with Crippen molar-refractivity contribution in [3.8, 4) is 5.75 Å². The molecule has 2 aliphatic heterocycles. The van der Waals surface area contributed by atoms with Crippen LogP contribution in [0, 0.1) is 11.7 Å². The molecule has 1 atom stereocenters. The number of thiazole rings is 2. The maximum Gasteiger partial charge on any atom is 0.305 e. The molecule has 0 unspecified atom stereocenters. The average molecular weight is 684 g/mol. The summed E-state index contributed by atoms with van der Waals surface area (Å²) < 4.78 is 22.4. The van der Waals surface area contributed by atoms with Crippen molar-refractivity contribution in [3.63, 3.8) is 0 Å². The number of nitrogens with zero attached hydrogens (tertiary/aromatic N) is 3. The van der Waals surface area contributed by atoms with Gasteiger partial charge in [0.05, 0.1) is 34.6 Å². The second-order valence-corrected chi connectivity index (χ2v) is 14.9. The van der Waals surface area contributed by atoms with E-state index in [-0.39, 0.29) is 34.5 Å². The number of benzene rings is 2. The van der Waals surface area contributed by atoms with E-state index in [2.05, 4.69) is 34.0 Å². The molecule has 2 aromatic carbocycles. The number of carbonyl (C=O) groups excluding carboxylic acids is 1. The molecule has 4 N–H and O–H groups in total. The van der Waals surface area contributed by atoms with Crippen LogP contribution in [0.4, 0.5) is 4.39 Å². The van der Waals surface area contributed by atoms with Crippen LogP contribution in [0.5, 0.6) is 5.75 Å². The van der Waals surface area contributed by atoms with Crippen LogP contribution in [0.1, 0.15) is 65.0 Å². The first kappa shape index (κ1) is 33.7. The van der Waals surface area contributed by atoms with E-state index in [1.807, 2.05) is 22.4 Å². The first-order valence-electron chi connectivity index (χ1n) is 16.2. The molecule has 13 heteroatoms. The minimum Gasteiger partial charge on any atom is -0.506 e. The Balaban J connectivity index is 0.987. The van der Waals surface area contributed by atoms with Crippen LogP contribution in [-0.2, 0) is 24.1 Å². The molecule has 47 heavy (non-hydrogen) atoms. The van der Waals surface area contributed by atoms with Crippen molar-refractivity contribution < 1.29 is 24.1 Å². The van der Waals surface area contributed by atoms with Gasteiger partial charge in [-0.3, -0.25) is 14.5 Å². The topological polar surface area (TPSA) is 131 Å². The SMILES string of the molecule is CC(C)Cc1nc(C(=O)N2CCOC3(CCN(Cc4cccc(CCNC[C@H](O)c5ccc(O)c6[nH]c(=O)sc56)c4F)CC3)C2)cs1. The molecular weight excluding hydrogens is 642 g/mol. The summed E-state index contributed by atoms with van der Waals surface area (Å²) in [6.45, 7) is 8.58. The Labute approximate surface area is 281 Å². The van der Waals surface area contributed by atoms with E-state index in [4.69, 9.17) is 4.74 Å². The maximum atomic E-state index is 15.6. The van der Waals surface area contributed by atoms with Gasteiger partial charge in [-0.25, -0.2) is 9.37 Å². The number of rotatable bonds is 11. The van der Waals surface area contributed by atoms with Gasteiger partial charge in [0.25, 0.3) is 5.91 Å². The largest absolute Gasteiger partial charge is 0.506 e. The zero-order chi connectivity index (χ0) is 33.1. The van der Waals surface area contributed by atoms with Crippen molar-refractivity contribution in [2.45, 2.75) is 57.8 Å². The van der Waals surface area contributed by atoms with Gasteiger partial charge in [-0.05, 0) is 43.4 Å². The number of morpholine rings is 1. The number of H-pyrrole nitrogens is 1. The van der Waals surface area contributed by atoms with Crippen LogP contribution in [-0.4, -0.2) is 87.4 Å². The van der Waals surface area contributed by atoms with Gasteiger partial charge in [-0.1, -0.05) is 49.4 Å². The molecule has 0 saturated carbocycles. The first-order valence-corrected chi connectivity index (χ1v) is 17.9. The van der Waals surface area contributed by atoms with E-state index >= 15 is 4.39 Å². The van der Waals surface area contributed by atoms with Gasteiger partial charge in [0.2, 0.25) is 0 Å². The van der Waals surface area contributed by atoms with Gasteiger partial charge in [-0.15, -0.1) is 11.3 Å². The number of carbonyl (C=O) groups is 1. The average Bonchev–Trinajstić information content (AvgIpc) is 3.68. The number of phenols is 1. The molecule has 2 saturated heterocycles. The van der Waals surface area contributed by atoms with E-state index in [0.717, 1.165) is 48.7 Å². The number of piperidine rings is 1. The normalized spacial score (nSPS) is 17.6. The third-order valence-corrected chi connectivity index (χ3v) is 10.9. The van der Waals surface area contributed by atoms with Crippen LogP contribution >= 0.6 is 22.7 Å². The molecule has 2 aliphatic rings. The molecule has 6 rings (SSSR count). The molecular formula is C34H42FN5O5S2. The van der Waals surface area contributed by atoms with E-state index in [1.165, 1.54) is 6.07 Å². The number of phenolic OH excluding ortho intramolecular Hbond substituents is 1. The smallest absolute Gasteiger partial charge is 0.305 e. The molecule has 1 spiro atoms. The van der Waals surface area contributed by atoms with Crippen LogP contribution in [0.25, 0.3) is 10.2 Å². The standard InChI is InChI=1S/C34H42FN5O5S2/c1-21(2)16-28-37-25(19-46-28)32(43)40-14-15-45-34(20-40)9-12-39(13-10-34)18-23-5-3-4-22(29(23)35)8-11-36-17-27(42)24-6-7-26(41)30-31(24)47-33(44)38-30/h3-7,19,21,27,36,41-42H,8-18,20H2,1-2H3,(H,38,44)/t27-/m0/s1. The van der Waals surface area contributed by atoms with Gasteiger partial charge in [0.1, 0.15) is 22.8 Å². The Morgan fingerprint density at radius 2 is 1.98 bits per heavy atom. The third-order valence-electron chi connectivity index (χ3n) is 9.07. The quantitative estimate of drug-likeness (QED) is 0.171. The summed E-state index contributed by atoms with van der Waals surface area (Å²) in [5.41, 5.74) is 2.27. The van der Waals surface area contributed by atoms with Crippen LogP contribution in [0.15, 0.2) is 40.5 Å². The van der Waals surface area contributed by atoms with Crippen molar-refractivity contribution in [2.24, 2.45) is 5.92 Å². The summed E-state index contributed by atoms with van der Waals surface area (Å²) in [6, 6.07) is 8.57. The van der Waals surface area contributed by atoms with Crippen molar-refractivity contribution in [3.05, 3.63) is 78.6 Å². The summed E-state index contributed by atoms with van der Waals surface area (Å²) >= 11 is 2.50. The molecule has 4 aromatic rings. The molecule has 252 valence electrons. The fourth-order valence-electron chi connectivity index (χ4n) is 6.52. The number of hydrogen-bond acceptors (Lipinski definition) is 10. The second-order valence-electron chi connectivity index (χ2n) is 13.0. The highest BCUT2D eigenvalue weighted by molar-refractivity contribution is 7.16. The lowest BCUT2D eigenvalue weighted by atomic mass is 9.89. The van der Waals surface area contributed by atoms with E-state index in [1.54, 1.807) is 23.5 Å². The Bertz CT molecular complexity index is 1760. The zero-order valence-corrected chi connectivity index (χ0v) is 28.4. The molecule has 1 amide bonds. The lowest BCUT2D eigenvalue weighted by Gasteiger charge is -2.47. The van der Waals surface area contributed by atoms with Crippen LogP contribution < -0.4 is 10.2 Å². The summed E-state index contributed by atoms with van der Waals surface area (Å²) in [7, 11) is 0. The van der Waals surface area contributed by atoms with Gasteiger partial charge >= 0.3 is 4.87 Å². The highest BCUT2D eigenvalue weighted by atomic mass is 32.1. The lowest BCUT2D eigenvalue weighted by Crippen LogP contribution is -2.58. The zero-order valence-electron chi connectivity index (χ0n) is 26.8. The number of aromatic nitrogens is 2. The number of ether oxygens (including phenoxy) is 1. The minimum absolute atomic E-state index is 0.0269. The Kier molecular flexibility index (Phi) is 10.4. The Morgan fingerprint density at radius 1 is 1.19 bits per heavy atom. The maximum absolute atomic E-state index is 15.6. The fourth-order valence-corrected chi connectivity index (χ4v) is 8.42. The first-order chi connectivity index (χ1) is 22.6. The van der Waals surface area contributed by atoms with E-state index < -0.39 is 6.10 Å². The molecule has 0 aliphatic carbocycles. The number of fused-ring (bicyclic) bond motifs is 1. The lowest BCUT2D eigenvalue weighted by molar-refractivity contribution is -0.128. The number of aromatic amines is 1. The van der Waals surface area contributed by atoms with Gasteiger partial charge in [0.15, 0.2) is 0 Å². The van der Waals surface area contributed by atoms with E-state index in [9.17, 15) is 19.8 Å². The number of aliphatic hydroxyl groups excluding tert-OH is 1. The third kappa shape index (κ3) is 7.76. The molecule has 2 fully saturated rings. The van der Waals surface area contributed by atoms with Gasteiger partial charge in [0, 0.05) is 55.7 Å². The number of aliphatic hydroxyl groups is 1. The predicted octanol–water partition coefficient (Wildman–Crippen LogP) is 4.46. The number of hydrogen-bond donors (Lipinski definition) is 4. The number of amides is 1. The van der Waals surface area contributed by atoms with Gasteiger partial charge in [-0.2, -0.15) is 0 Å². The summed E-state index contributed by atoms with van der Waals surface area (Å²) in [6.07, 6.45) is 1.97. The molecule has 0 radical (unpaired) electrons. The second kappa shape index (κ2) is 14.5. The Hall–Kier alpha value is -3.20. The van der Waals surface area contributed by atoms with Crippen LogP contribution in [0.2, 0.25) is 0 Å². The fraction of sp³-hybridized carbons (Fsp3) is 0.500. The van der Waals surface area contributed by atoms with Gasteiger partial charge < -0.3 is 30.2 Å². The minimum atomic E-state index is -0.892. The molecule has 4 heterocycles. The number of likely N-dealkylation sites (tertiary alicyclic amines) is 1. The molecule has 0 bridgehead atoms. The van der Waals surface area contributed by atoms with Crippen molar-refractivity contribution in [1.82, 2.24) is 25.1 Å². The Morgan fingerprint density at radius 3 is 2.77 bits per heavy atom. The summed E-state index contributed by atoms with van der Waals surface area (Å²) in [4.78, 5) is 36.1. The number of nitrogens with one attached hydrogen (secondary N) is 2. The van der Waals surface area contributed by atoms with Crippen LogP contribution in [0.3, 0.4) is 0 Å². The van der Waals surface area contributed by atoms with Crippen molar-refractivity contribution in [1.29, 1.82) is 0 Å². The number of halogens is 1. The molecule has 10 nitrogen and oxygen atoms in total. The van der Waals surface area contributed by atoms with Crippen molar-refractivity contribution >= 4 is 38.8 Å². The number of aromatic hydroxyl groups is 1. The van der Waals surface area contributed by atoms with Crippen molar-refractivity contribution in [2.75, 3.05) is 45.9 Å².